The maximum absolute atomic E-state index is 13.0. The molecule has 0 aromatic heterocycles. The fraction of sp³-hybridized carbons (Fsp3) is 0.652. The zero-order valence-electron chi connectivity index (χ0n) is 20.5. The van der Waals surface area contributed by atoms with Crippen molar-refractivity contribution in [1.29, 1.82) is 0 Å². The van der Waals surface area contributed by atoms with Gasteiger partial charge in [0.1, 0.15) is 27.4 Å². The number of nitrogens with zero attached hydrogens (tertiary/aromatic N) is 2. The van der Waals surface area contributed by atoms with Crippen molar-refractivity contribution < 1.29 is 22.5 Å². The van der Waals surface area contributed by atoms with Crippen molar-refractivity contribution in [3.8, 4) is 0 Å². The lowest BCUT2D eigenvalue weighted by atomic mass is 9.74. The average Bonchev–Trinajstić information content (AvgIpc) is 2.91. The van der Waals surface area contributed by atoms with Crippen LogP contribution in [0.1, 0.15) is 65.5 Å². The first-order valence-corrected chi connectivity index (χ1v) is 14.1. The number of amides is 1. The van der Waals surface area contributed by atoms with Crippen molar-refractivity contribution in [2.45, 2.75) is 71.2 Å². The monoisotopic (exact) mass is 497 g/mol. The Hall–Kier alpha value is -1.78. The molecule has 1 amide bonds. The largest absolute Gasteiger partial charge is 0.591 e. The molecule has 1 aromatic rings. The van der Waals surface area contributed by atoms with Crippen LogP contribution in [0.3, 0.4) is 0 Å². The van der Waals surface area contributed by atoms with Crippen LogP contribution < -0.4 is 4.72 Å². The Morgan fingerprint density at radius 2 is 1.79 bits per heavy atom. The molecule has 1 aromatic carbocycles. The lowest BCUT2D eigenvalue weighted by Crippen LogP contribution is -2.47. The zero-order chi connectivity index (χ0) is 24.8. The second-order valence-corrected chi connectivity index (χ2v) is 14.6. The Labute approximate surface area is 200 Å². The van der Waals surface area contributed by atoms with Crippen LogP contribution in [-0.2, 0) is 32.5 Å². The summed E-state index contributed by atoms with van der Waals surface area (Å²) < 4.78 is 48.6. The van der Waals surface area contributed by atoms with Gasteiger partial charge in [-0.3, -0.25) is 4.72 Å². The number of hydrogen-bond acceptors (Lipinski definition) is 6. The summed E-state index contributed by atoms with van der Waals surface area (Å²) in [4.78, 5) is 14.3. The normalized spacial score (nSPS) is 20.6. The molecule has 0 bridgehead atoms. The van der Waals surface area contributed by atoms with Crippen molar-refractivity contribution in [3.63, 3.8) is 0 Å². The maximum Gasteiger partial charge on any atom is 0.410 e. The van der Waals surface area contributed by atoms with Gasteiger partial charge in [0.2, 0.25) is 10.0 Å². The van der Waals surface area contributed by atoms with Crippen molar-refractivity contribution in [2.24, 2.45) is 9.81 Å². The molecule has 0 saturated carbocycles. The lowest BCUT2D eigenvalue weighted by Gasteiger charge is -2.39. The minimum Gasteiger partial charge on any atom is -0.591 e. The summed E-state index contributed by atoms with van der Waals surface area (Å²) in [5, 5.41) is 0. The summed E-state index contributed by atoms with van der Waals surface area (Å²) >= 11 is -1.44. The standard InChI is InChI=1S/C23H35N3O5S2/c1-21(2,3)31-20(27)26-12-10-23(11-13-26)15-16-14-17(25-33(7,29)30)8-9-18(16)19(23)24-32(28)22(4,5)6/h8-9,14,25H,10-13,15H2,1-7H3/b24-19+/t32-/m1/s1. The highest BCUT2D eigenvalue weighted by molar-refractivity contribution is 7.92. The smallest absolute Gasteiger partial charge is 0.410 e. The third-order valence-electron chi connectivity index (χ3n) is 5.77. The molecule has 1 N–H and O–H groups in total. The summed E-state index contributed by atoms with van der Waals surface area (Å²) in [5.74, 6) is 0. The van der Waals surface area contributed by atoms with E-state index in [1.54, 1.807) is 11.0 Å². The number of ether oxygens (including phenoxy) is 1. The molecule has 1 aliphatic carbocycles. The number of rotatable bonds is 3. The highest BCUT2D eigenvalue weighted by Gasteiger charge is 2.48. The van der Waals surface area contributed by atoms with Gasteiger partial charge in [-0.25, -0.2) is 13.2 Å². The summed E-state index contributed by atoms with van der Waals surface area (Å²) in [7, 11) is -3.40. The van der Waals surface area contributed by atoms with Gasteiger partial charge in [0.05, 0.1) is 6.26 Å². The molecule has 0 radical (unpaired) electrons. The molecule has 0 unspecified atom stereocenters. The number of benzene rings is 1. The predicted octanol–water partition coefficient (Wildman–Crippen LogP) is 3.88. The first kappa shape index (κ1) is 25.8. The molecule has 1 atom stereocenters. The Bertz CT molecular complexity index is 1050. The highest BCUT2D eigenvalue weighted by atomic mass is 32.2. The molecule has 8 nitrogen and oxygen atoms in total. The number of fused-ring (bicyclic) bond motifs is 1. The Kier molecular flexibility index (Phi) is 6.87. The van der Waals surface area contributed by atoms with Crippen molar-refractivity contribution in [3.05, 3.63) is 29.3 Å². The molecule has 1 aliphatic heterocycles. The number of carbonyl (C=O) groups excluding carboxylic acids is 1. The second-order valence-electron chi connectivity index (χ2n) is 11.0. The van der Waals surface area contributed by atoms with Gasteiger partial charge >= 0.3 is 6.09 Å². The molecule has 1 saturated heterocycles. The van der Waals surface area contributed by atoms with Crippen LogP contribution in [0.5, 0.6) is 0 Å². The fourth-order valence-electron chi connectivity index (χ4n) is 4.21. The van der Waals surface area contributed by atoms with Crippen molar-refractivity contribution >= 4 is 38.9 Å². The molecule has 3 rings (SSSR count). The number of anilines is 1. The number of sulfonamides is 1. The molecular formula is C23H35N3O5S2. The quantitative estimate of drug-likeness (QED) is 0.637. The molecule has 10 heteroatoms. The topological polar surface area (TPSA) is 111 Å². The van der Waals surface area contributed by atoms with E-state index in [1.165, 1.54) is 0 Å². The van der Waals surface area contributed by atoms with Gasteiger partial charge in [-0.1, -0.05) is 10.5 Å². The van der Waals surface area contributed by atoms with Crippen LogP contribution in [0, 0.1) is 5.41 Å². The van der Waals surface area contributed by atoms with E-state index in [-0.39, 0.29) is 11.5 Å². The summed E-state index contributed by atoms with van der Waals surface area (Å²) in [6.45, 7) is 12.2. The Balaban J connectivity index is 1.93. The van der Waals surface area contributed by atoms with Crippen LogP contribution in [0.25, 0.3) is 0 Å². The maximum atomic E-state index is 13.0. The van der Waals surface area contributed by atoms with Gasteiger partial charge < -0.3 is 14.2 Å². The first-order valence-electron chi connectivity index (χ1n) is 11.1. The zero-order valence-corrected chi connectivity index (χ0v) is 22.2. The van der Waals surface area contributed by atoms with Gasteiger partial charge in [0.25, 0.3) is 0 Å². The number of nitrogens with one attached hydrogen (secondary N) is 1. The van der Waals surface area contributed by atoms with E-state index in [0.29, 0.717) is 38.0 Å². The van der Waals surface area contributed by atoms with Gasteiger partial charge in [-0.05, 0) is 78.5 Å². The summed E-state index contributed by atoms with van der Waals surface area (Å²) in [6.07, 6.45) is 2.77. The molecule has 2 aliphatic rings. The molecule has 1 spiro atoms. The lowest BCUT2D eigenvalue weighted by molar-refractivity contribution is 0.0159. The van der Waals surface area contributed by atoms with E-state index in [4.69, 9.17) is 9.13 Å². The third-order valence-corrected chi connectivity index (χ3v) is 7.77. The van der Waals surface area contributed by atoms with E-state index in [9.17, 15) is 17.8 Å². The molecule has 184 valence electrons. The van der Waals surface area contributed by atoms with Crippen LogP contribution in [0.2, 0.25) is 0 Å². The Morgan fingerprint density at radius 3 is 2.30 bits per heavy atom. The molecule has 1 heterocycles. The van der Waals surface area contributed by atoms with Crippen molar-refractivity contribution in [1.82, 2.24) is 4.90 Å². The highest BCUT2D eigenvalue weighted by Crippen LogP contribution is 2.46. The fourth-order valence-corrected chi connectivity index (χ4v) is 5.49. The summed E-state index contributed by atoms with van der Waals surface area (Å²) in [5.41, 5.74) is 2.24. The predicted molar refractivity (Wildman–Crippen MR) is 133 cm³/mol. The number of hydrogen-bond donors (Lipinski definition) is 1. The van der Waals surface area contributed by atoms with Gasteiger partial charge in [-0.15, -0.1) is 0 Å². The van der Waals surface area contributed by atoms with Gasteiger partial charge in [0.15, 0.2) is 0 Å². The van der Waals surface area contributed by atoms with E-state index in [0.717, 1.165) is 23.1 Å². The number of likely N-dealkylation sites (tertiary alicyclic amines) is 1. The SMILES string of the molecule is CC(C)(C)OC(=O)N1CCC2(CC1)Cc1cc(NS(C)(=O)=O)ccc1/C2=N\[S@+]([O-])C(C)(C)C. The minimum atomic E-state index is -3.40. The number of piperidine rings is 1. The van der Waals surface area contributed by atoms with E-state index in [1.807, 2.05) is 53.7 Å². The molecule has 33 heavy (non-hydrogen) atoms. The Morgan fingerprint density at radius 1 is 1.18 bits per heavy atom. The van der Waals surface area contributed by atoms with E-state index in [2.05, 4.69) is 4.72 Å². The van der Waals surface area contributed by atoms with Crippen LogP contribution in [-0.4, -0.2) is 59.4 Å². The van der Waals surface area contributed by atoms with Crippen molar-refractivity contribution in [2.75, 3.05) is 24.1 Å². The van der Waals surface area contributed by atoms with E-state index < -0.39 is 31.7 Å². The van der Waals surface area contributed by atoms with Gasteiger partial charge in [-0.2, -0.15) is 0 Å². The van der Waals surface area contributed by atoms with Gasteiger partial charge in [0, 0.05) is 29.8 Å². The van der Waals surface area contributed by atoms with Crippen LogP contribution in [0.15, 0.2) is 22.6 Å². The number of carbonyl (C=O) groups is 1. The third kappa shape index (κ3) is 6.22. The van der Waals surface area contributed by atoms with Crippen LogP contribution in [0.4, 0.5) is 10.5 Å². The second kappa shape index (κ2) is 8.78. The molecule has 1 fully saturated rings. The van der Waals surface area contributed by atoms with Crippen LogP contribution >= 0.6 is 0 Å². The minimum absolute atomic E-state index is 0.329. The molecular weight excluding hydrogens is 462 g/mol. The first-order chi connectivity index (χ1) is 15.0. The summed E-state index contributed by atoms with van der Waals surface area (Å²) in [6, 6.07) is 5.40. The van der Waals surface area contributed by atoms with E-state index >= 15 is 0 Å². The average molecular weight is 498 g/mol.